The molecule has 1 atom stereocenters. The fourth-order valence-corrected chi connectivity index (χ4v) is 5.09. The van der Waals surface area contributed by atoms with Gasteiger partial charge >= 0.3 is 0 Å². The van der Waals surface area contributed by atoms with Gasteiger partial charge < -0.3 is 4.74 Å². The molecule has 4 nitrogen and oxygen atoms in total. The highest BCUT2D eigenvalue weighted by Gasteiger charge is 2.27. The lowest BCUT2D eigenvalue weighted by atomic mass is 10.1. The Bertz CT molecular complexity index is 970. The van der Waals surface area contributed by atoms with Crippen LogP contribution in [0.2, 0.25) is 0 Å². The summed E-state index contributed by atoms with van der Waals surface area (Å²) in [5.41, 5.74) is 4.01. The van der Waals surface area contributed by atoms with Crippen molar-refractivity contribution in [2.24, 2.45) is 0 Å². The molecule has 6 heteroatoms. The fraction of sp³-hybridized carbons (Fsp3) is 0.364. The highest BCUT2D eigenvalue weighted by atomic mass is 32.2. The number of thiazole rings is 1. The van der Waals surface area contributed by atoms with E-state index in [9.17, 15) is 4.79 Å². The zero-order valence-electron chi connectivity index (χ0n) is 16.4. The maximum Gasteiger partial charge on any atom is 0.260 e. The van der Waals surface area contributed by atoms with Crippen LogP contribution < -0.4 is 4.90 Å². The summed E-state index contributed by atoms with van der Waals surface area (Å²) in [7, 11) is 0. The van der Waals surface area contributed by atoms with E-state index in [1.54, 1.807) is 23.1 Å². The number of carbonyl (C=O) groups excluding carboxylic acids is 1. The van der Waals surface area contributed by atoms with Gasteiger partial charge in [-0.1, -0.05) is 29.5 Å². The van der Waals surface area contributed by atoms with Gasteiger partial charge in [-0.3, -0.25) is 9.69 Å². The molecule has 3 aromatic rings. The van der Waals surface area contributed by atoms with Crippen LogP contribution in [-0.4, -0.2) is 36.4 Å². The molecule has 1 saturated heterocycles. The predicted molar refractivity (Wildman–Crippen MR) is 118 cm³/mol. The van der Waals surface area contributed by atoms with E-state index in [2.05, 4.69) is 26.0 Å². The van der Waals surface area contributed by atoms with Crippen molar-refractivity contribution >= 4 is 44.4 Å². The van der Waals surface area contributed by atoms with Crippen LogP contribution >= 0.6 is 23.1 Å². The molecule has 146 valence electrons. The summed E-state index contributed by atoms with van der Waals surface area (Å²) in [6.45, 7) is 5.48. The zero-order valence-corrected chi connectivity index (χ0v) is 18.0. The second-order valence-electron chi connectivity index (χ2n) is 7.16. The van der Waals surface area contributed by atoms with Crippen molar-refractivity contribution in [3.63, 3.8) is 0 Å². The fourth-order valence-electron chi connectivity index (χ4n) is 3.52. The maximum absolute atomic E-state index is 13.5. The number of anilines is 1. The van der Waals surface area contributed by atoms with Gasteiger partial charge in [0.05, 0.1) is 22.9 Å². The number of aryl methyl sites for hydroxylation is 2. The Balaban J connectivity index is 1.75. The van der Waals surface area contributed by atoms with Crippen LogP contribution in [0.3, 0.4) is 0 Å². The largest absolute Gasteiger partial charge is 0.376 e. The first-order valence-electron chi connectivity index (χ1n) is 9.51. The van der Waals surface area contributed by atoms with Crippen molar-refractivity contribution in [3.05, 3.63) is 53.1 Å². The summed E-state index contributed by atoms with van der Waals surface area (Å²) in [6, 6.07) is 12.0. The first-order valence-corrected chi connectivity index (χ1v) is 11.5. The van der Waals surface area contributed by atoms with Crippen molar-refractivity contribution in [3.8, 4) is 0 Å². The number of amides is 1. The molecule has 1 unspecified atom stereocenters. The van der Waals surface area contributed by atoms with Crippen LogP contribution in [0.5, 0.6) is 0 Å². The van der Waals surface area contributed by atoms with Gasteiger partial charge in [0.1, 0.15) is 0 Å². The molecular weight excluding hydrogens is 388 g/mol. The number of hydrogen-bond donors (Lipinski definition) is 0. The number of aromatic nitrogens is 1. The van der Waals surface area contributed by atoms with Gasteiger partial charge in [-0.2, -0.15) is 0 Å². The number of rotatable bonds is 5. The first-order chi connectivity index (χ1) is 13.6. The highest BCUT2D eigenvalue weighted by molar-refractivity contribution is 7.98. The first kappa shape index (κ1) is 19.4. The second kappa shape index (κ2) is 8.23. The van der Waals surface area contributed by atoms with E-state index < -0.39 is 0 Å². The minimum atomic E-state index is -0.0132. The van der Waals surface area contributed by atoms with Crippen molar-refractivity contribution in [1.29, 1.82) is 0 Å². The van der Waals surface area contributed by atoms with Crippen molar-refractivity contribution < 1.29 is 9.53 Å². The molecule has 2 heterocycles. The van der Waals surface area contributed by atoms with E-state index >= 15 is 0 Å². The minimum absolute atomic E-state index is 0.0132. The Kier molecular flexibility index (Phi) is 5.71. The molecule has 0 spiro atoms. The van der Waals surface area contributed by atoms with Crippen molar-refractivity contribution in [2.75, 3.05) is 24.3 Å². The predicted octanol–water partition coefficient (Wildman–Crippen LogP) is 5.46. The van der Waals surface area contributed by atoms with Crippen LogP contribution in [0.1, 0.15) is 34.3 Å². The van der Waals surface area contributed by atoms with Crippen LogP contribution in [0.25, 0.3) is 10.2 Å². The third kappa shape index (κ3) is 3.81. The van der Waals surface area contributed by atoms with Crippen LogP contribution in [0.4, 0.5) is 5.13 Å². The average Bonchev–Trinajstić information content (AvgIpc) is 3.39. The van der Waals surface area contributed by atoms with Gasteiger partial charge in [-0.05, 0) is 62.3 Å². The molecule has 0 saturated carbocycles. The molecule has 0 N–H and O–H groups in total. The Labute approximate surface area is 173 Å². The van der Waals surface area contributed by atoms with E-state index in [0.29, 0.717) is 12.1 Å². The van der Waals surface area contributed by atoms with Gasteiger partial charge in [0.25, 0.3) is 5.91 Å². The molecule has 4 rings (SSSR count). The molecule has 0 aliphatic carbocycles. The standard InChI is InChI=1S/C22H24N2O2S2/c1-14-9-10-15(2)20-19(14)23-22(28-20)24(13-17-7-5-11-26-17)21(25)16-6-4-8-18(12-16)27-3/h4,6,8-10,12,17H,5,7,11,13H2,1-3H3. The summed E-state index contributed by atoms with van der Waals surface area (Å²) in [5, 5.41) is 0.752. The van der Waals surface area contributed by atoms with Gasteiger partial charge in [0.15, 0.2) is 5.13 Å². The van der Waals surface area contributed by atoms with Crippen molar-refractivity contribution in [2.45, 2.75) is 37.7 Å². The van der Waals surface area contributed by atoms with Crippen LogP contribution in [-0.2, 0) is 4.74 Å². The normalized spacial score (nSPS) is 16.6. The van der Waals surface area contributed by atoms with Gasteiger partial charge in [-0.15, -0.1) is 11.8 Å². The molecular formula is C22H24N2O2S2. The number of carbonyl (C=O) groups is 1. The number of nitrogens with zero attached hydrogens (tertiary/aromatic N) is 2. The molecule has 0 bridgehead atoms. The summed E-state index contributed by atoms with van der Waals surface area (Å²) < 4.78 is 6.99. The lowest BCUT2D eigenvalue weighted by Gasteiger charge is -2.23. The van der Waals surface area contributed by atoms with Gasteiger partial charge in [-0.25, -0.2) is 4.98 Å². The SMILES string of the molecule is CSc1cccc(C(=O)N(CC2CCCO2)c2nc3c(C)ccc(C)c3s2)c1. The van der Waals surface area contributed by atoms with Crippen LogP contribution in [0, 0.1) is 13.8 Å². The molecule has 1 fully saturated rings. The topological polar surface area (TPSA) is 42.4 Å². The molecule has 0 radical (unpaired) electrons. The lowest BCUT2D eigenvalue weighted by molar-refractivity contribution is 0.0917. The molecule has 1 aromatic heterocycles. The molecule has 1 aliphatic heterocycles. The second-order valence-corrected chi connectivity index (χ2v) is 9.01. The summed E-state index contributed by atoms with van der Waals surface area (Å²) in [5.74, 6) is -0.0132. The summed E-state index contributed by atoms with van der Waals surface area (Å²) in [6.07, 6.45) is 4.12. The molecule has 28 heavy (non-hydrogen) atoms. The van der Waals surface area contributed by atoms with Gasteiger partial charge in [0.2, 0.25) is 0 Å². The summed E-state index contributed by atoms with van der Waals surface area (Å²) in [4.78, 5) is 21.2. The van der Waals surface area contributed by atoms with E-state index in [-0.39, 0.29) is 12.0 Å². The number of fused-ring (bicyclic) bond motifs is 1. The Morgan fingerprint density at radius 1 is 1.29 bits per heavy atom. The molecule has 2 aromatic carbocycles. The number of ether oxygens (including phenoxy) is 1. The van der Waals surface area contributed by atoms with E-state index in [0.717, 1.165) is 45.3 Å². The Hall–Kier alpha value is -1.89. The zero-order chi connectivity index (χ0) is 19.7. The molecule has 1 amide bonds. The van der Waals surface area contributed by atoms with Crippen LogP contribution in [0.15, 0.2) is 41.3 Å². The Morgan fingerprint density at radius 3 is 2.82 bits per heavy atom. The maximum atomic E-state index is 13.5. The minimum Gasteiger partial charge on any atom is -0.376 e. The summed E-state index contributed by atoms with van der Waals surface area (Å²) >= 11 is 3.24. The van der Waals surface area contributed by atoms with Gasteiger partial charge in [0, 0.05) is 17.1 Å². The monoisotopic (exact) mass is 412 g/mol. The van der Waals surface area contributed by atoms with Crippen molar-refractivity contribution in [1.82, 2.24) is 4.98 Å². The highest BCUT2D eigenvalue weighted by Crippen LogP contribution is 2.34. The third-order valence-corrected chi connectivity index (χ3v) is 7.07. The lowest BCUT2D eigenvalue weighted by Crippen LogP contribution is -2.37. The average molecular weight is 413 g/mol. The number of benzene rings is 2. The third-order valence-electron chi connectivity index (χ3n) is 5.13. The van der Waals surface area contributed by atoms with E-state index in [1.807, 2.05) is 35.4 Å². The van der Waals surface area contributed by atoms with E-state index in [1.165, 1.54) is 5.56 Å². The number of thioether (sulfide) groups is 1. The Morgan fingerprint density at radius 2 is 2.11 bits per heavy atom. The molecule has 1 aliphatic rings. The number of hydrogen-bond acceptors (Lipinski definition) is 5. The smallest absolute Gasteiger partial charge is 0.260 e. The van der Waals surface area contributed by atoms with E-state index in [4.69, 9.17) is 9.72 Å². The quantitative estimate of drug-likeness (QED) is 0.522.